The van der Waals surface area contributed by atoms with Crippen LogP contribution in [0.1, 0.15) is 48.6 Å². The lowest BCUT2D eigenvalue weighted by Gasteiger charge is -2.18. The first-order valence-corrected chi connectivity index (χ1v) is 19.9. The van der Waals surface area contributed by atoms with Gasteiger partial charge in [-0.1, -0.05) is 89.7 Å². The van der Waals surface area contributed by atoms with Gasteiger partial charge in [0.2, 0.25) is 9.84 Å². The number of halogens is 4. The zero-order valence-corrected chi connectivity index (χ0v) is 31.5. The third-order valence-corrected chi connectivity index (χ3v) is 11.1. The van der Waals surface area contributed by atoms with E-state index >= 15 is 0 Å². The van der Waals surface area contributed by atoms with Crippen molar-refractivity contribution >= 4 is 73.6 Å². The van der Waals surface area contributed by atoms with Crippen LogP contribution in [-0.4, -0.2) is 15.0 Å². The summed E-state index contributed by atoms with van der Waals surface area (Å²) in [5.41, 5.74) is 7.45. The summed E-state index contributed by atoms with van der Waals surface area (Å²) in [7, 11) is -3.64. The number of ether oxygens (including phenoxy) is 2. The van der Waals surface area contributed by atoms with E-state index in [9.17, 15) is 8.42 Å². The molecule has 0 N–H and O–H groups in total. The quantitative estimate of drug-likeness (QED) is 0.126. The van der Waals surface area contributed by atoms with Gasteiger partial charge in [-0.25, -0.2) is 8.42 Å². The molecule has 0 atom stereocenters. The minimum atomic E-state index is -3.64. The summed E-state index contributed by atoms with van der Waals surface area (Å²) in [6, 6.07) is 22.4. The van der Waals surface area contributed by atoms with Gasteiger partial charge in [-0.15, -0.1) is 0 Å². The van der Waals surface area contributed by atoms with Gasteiger partial charge in [-0.2, -0.15) is 0 Å². The predicted molar refractivity (Wildman–Crippen MR) is 191 cm³/mol. The molecule has 0 saturated carbocycles. The fourth-order valence-corrected chi connectivity index (χ4v) is 7.84. The monoisotopic (exact) mass is 854 g/mol. The first-order chi connectivity index (χ1) is 20.6. The van der Waals surface area contributed by atoms with Crippen LogP contribution >= 0.6 is 63.7 Å². The highest BCUT2D eigenvalue weighted by Crippen LogP contribution is 2.39. The van der Waals surface area contributed by atoms with Crippen molar-refractivity contribution in [2.24, 2.45) is 5.92 Å². The molecule has 0 aromatic heterocycles. The van der Waals surface area contributed by atoms with E-state index in [0.717, 1.165) is 56.9 Å². The summed E-state index contributed by atoms with van der Waals surface area (Å²) in [6.45, 7) is 6.89. The molecule has 9 heteroatoms. The SMILES string of the molecule is CCOc1c(CBr)cc(-c2cc(CBr)c(Oc3ccc(S(=O)(=O)c4ccc(CC(C)C)cc4)cc3)c(CBr)c2)cc1CBr. The van der Waals surface area contributed by atoms with E-state index in [1.807, 2.05) is 19.1 Å². The van der Waals surface area contributed by atoms with Gasteiger partial charge in [-0.05, 0) is 96.6 Å². The molecule has 0 unspecified atom stereocenters. The predicted octanol–water partition coefficient (Wildman–Crippen LogP) is 11.2. The summed E-state index contributed by atoms with van der Waals surface area (Å²) in [5, 5.41) is 2.54. The molecular formula is C34H34Br4O4S. The molecular weight excluding hydrogens is 824 g/mol. The number of rotatable bonds is 13. The van der Waals surface area contributed by atoms with Crippen LogP contribution in [-0.2, 0) is 37.6 Å². The summed E-state index contributed by atoms with van der Waals surface area (Å²) in [4.78, 5) is 0.516. The first-order valence-electron chi connectivity index (χ1n) is 14.0. The first kappa shape index (κ1) is 34.2. The highest BCUT2D eigenvalue weighted by Gasteiger charge is 2.20. The third-order valence-electron chi connectivity index (χ3n) is 6.91. The van der Waals surface area contributed by atoms with Crippen LogP contribution in [0.15, 0.2) is 82.6 Å². The molecule has 0 bridgehead atoms. The van der Waals surface area contributed by atoms with E-state index in [2.05, 4.69) is 102 Å². The van der Waals surface area contributed by atoms with Crippen molar-refractivity contribution in [1.82, 2.24) is 0 Å². The van der Waals surface area contributed by atoms with Gasteiger partial charge >= 0.3 is 0 Å². The number of sulfone groups is 1. The van der Waals surface area contributed by atoms with Gasteiger partial charge < -0.3 is 9.47 Å². The molecule has 4 nitrogen and oxygen atoms in total. The number of benzene rings is 4. The Morgan fingerprint density at radius 2 is 1.07 bits per heavy atom. The molecule has 4 aromatic carbocycles. The second-order valence-corrected chi connectivity index (χ2v) is 14.7. The number of hydrogen-bond acceptors (Lipinski definition) is 4. The Labute approximate surface area is 289 Å². The molecule has 0 aliphatic carbocycles. The molecule has 0 amide bonds. The van der Waals surface area contributed by atoms with Gasteiger partial charge in [0.15, 0.2) is 0 Å². The smallest absolute Gasteiger partial charge is 0.206 e. The summed E-state index contributed by atoms with van der Waals surface area (Å²) >= 11 is 14.6. The van der Waals surface area contributed by atoms with E-state index in [4.69, 9.17) is 9.47 Å². The zero-order chi connectivity index (χ0) is 31.1. The molecule has 4 aromatic rings. The van der Waals surface area contributed by atoms with Crippen LogP contribution in [0, 0.1) is 5.92 Å². The largest absolute Gasteiger partial charge is 0.493 e. The van der Waals surface area contributed by atoms with Crippen LogP contribution in [0.2, 0.25) is 0 Å². The average molecular weight is 858 g/mol. The van der Waals surface area contributed by atoms with Crippen LogP contribution in [0.25, 0.3) is 11.1 Å². The second-order valence-electron chi connectivity index (χ2n) is 10.5. The Balaban J connectivity index is 1.64. The molecule has 0 aliphatic rings. The second kappa shape index (κ2) is 15.6. The van der Waals surface area contributed by atoms with E-state index in [1.54, 1.807) is 36.4 Å². The van der Waals surface area contributed by atoms with Gasteiger partial charge in [-0.3, -0.25) is 0 Å². The molecule has 0 aliphatic heterocycles. The van der Waals surface area contributed by atoms with Crippen molar-refractivity contribution in [2.75, 3.05) is 6.61 Å². The van der Waals surface area contributed by atoms with Crippen molar-refractivity contribution in [1.29, 1.82) is 0 Å². The van der Waals surface area contributed by atoms with Gasteiger partial charge in [0.25, 0.3) is 0 Å². The van der Waals surface area contributed by atoms with E-state index in [-0.39, 0.29) is 9.79 Å². The Morgan fingerprint density at radius 3 is 1.47 bits per heavy atom. The highest BCUT2D eigenvalue weighted by atomic mass is 79.9. The van der Waals surface area contributed by atoms with E-state index in [0.29, 0.717) is 39.6 Å². The summed E-state index contributed by atoms with van der Waals surface area (Å²) in [6.07, 6.45) is 0.913. The van der Waals surface area contributed by atoms with Gasteiger partial charge in [0, 0.05) is 43.6 Å². The molecule has 0 radical (unpaired) electrons. The Morgan fingerprint density at radius 1 is 0.651 bits per heavy atom. The fraction of sp³-hybridized carbons (Fsp3) is 0.294. The van der Waals surface area contributed by atoms with Crippen LogP contribution in [0.5, 0.6) is 17.2 Å². The molecule has 0 fully saturated rings. The normalized spacial score (nSPS) is 11.6. The lowest BCUT2D eigenvalue weighted by molar-refractivity contribution is 0.335. The average Bonchev–Trinajstić information content (AvgIpc) is 3.01. The Bertz CT molecular complexity index is 1600. The van der Waals surface area contributed by atoms with Crippen molar-refractivity contribution in [2.45, 2.75) is 58.3 Å². The van der Waals surface area contributed by atoms with Crippen molar-refractivity contribution in [3.8, 4) is 28.4 Å². The lowest BCUT2D eigenvalue weighted by Crippen LogP contribution is -2.03. The lowest BCUT2D eigenvalue weighted by atomic mass is 9.96. The van der Waals surface area contributed by atoms with Crippen LogP contribution < -0.4 is 9.47 Å². The van der Waals surface area contributed by atoms with Crippen molar-refractivity contribution in [3.63, 3.8) is 0 Å². The maximum atomic E-state index is 13.3. The molecule has 0 heterocycles. The van der Waals surface area contributed by atoms with E-state index < -0.39 is 9.84 Å². The zero-order valence-electron chi connectivity index (χ0n) is 24.3. The minimum Gasteiger partial charge on any atom is -0.493 e. The Hall–Kier alpha value is -1.65. The standard InChI is InChI=1S/C34H34Br4O4S/c1-4-41-33-26(18-35)14-24(15-27(33)19-36)25-16-28(20-37)34(29(17-25)21-38)42-30-7-11-32(12-8-30)43(39,40)31-9-5-23(6-10-31)13-22(2)3/h5-12,14-17,22H,4,13,18-21H2,1-3H3. The Kier molecular flexibility index (Phi) is 12.4. The van der Waals surface area contributed by atoms with Gasteiger partial charge in [0.1, 0.15) is 17.2 Å². The summed E-state index contributed by atoms with van der Waals surface area (Å²) < 4.78 is 38.9. The fourth-order valence-electron chi connectivity index (χ4n) is 4.92. The maximum absolute atomic E-state index is 13.3. The van der Waals surface area contributed by atoms with Crippen LogP contribution in [0.3, 0.4) is 0 Å². The van der Waals surface area contributed by atoms with Gasteiger partial charge in [0.05, 0.1) is 16.4 Å². The topological polar surface area (TPSA) is 52.6 Å². The highest BCUT2D eigenvalue weighted by molar-refractivity contribution is 9.09. The van der Waals surface area contributed by atoms with Crippen molar-refractivity contribution in [3.05, 3.63) is 101 Å². The summed E-state index contributed by atoms with van der Waals surface area (Å²) in [5.74, 6) is 2.72. The molecule has 0 spiro atoms. The molecule has 43 heavy (non-hydrogen) atoms. The number of hydrogen-bond donors (Lipinski definition) is 0. The number of alkyl halides is 4. The van der Waals surface area contributed by atoms with Crippen molar-refractivity contribution < 1.29 is 17.9 Å². The van der Waals surface area contributed by atoms with E-state index in [1.165, 1.54) is 0 Å². The molecule has 228 valence electrons. The van der Waals surface area contributed by atoms with Crippen LogP contribution in [0.4, 0.5) is 0 Å². The maximum Gasteiger partial charge on any atom is 0.206 e. The molecule has 0 saturated heterocycles. The third kappa shape index (κ3) is 8.15. The molecule has 4 rings (SSSR count). The minimum absolute atomic E-state index is 0.230.